The van der Waals surface area contributed by atoms with Crippen LogP contribution in [0, 0.1) is 50.7 Å². The number of pyridine rings is 3. The zero-order valence-electron chi connectivity index (χ0n) is 31.0. The van der Waals surface area contributed by atoms with E-state index in [4.69, 9.17) is 14.4 Å². The molecule has 0 aliphatic rings. The summed E-state index contributed by atoms with van der Waals surface area (Å²) in [5.74, 6) is 0. The first kappa shape index (κ1) is 37.1. The minimum absolute atomic E-state index is 0. The SMILES string of the molecule is Cc1c[c-]c(-c2cc(C)c(C)cn2)cc1.Cc1cnc(-c2[c-]ccc3c2oc2c3ccc3ccc(CC(C)(C)C)nc32)cc1CC(C)(C)C.[Ir]. The van der Waals surface area contributed by atoms with E-state index < -0.39 is 0 Å². The van der Waals surface area contributed by atoms with Crippen LogP contribution in [0.4, 0.5) is 0 Å². The minimum Gasteiger partial charge on any atom is -0.498 e. The average molecular weight is 838 g/mol. The molecule has 1 radical (unpaired) electrons. The zero-order chi connectivity index (χ0) is 35.1. The summed E-state index contributed by atoms with van der Waals surface area (Å²) in [7, 11) is 0. The number of benzene rings is 3. The van der Waals surface area contributed by atoms with Crippen molar-refractivity contribution in [2.24, 2.45) is 10.8 Å². The molecule has 5 heteroatoms. The van der Waals surface area contributed by atoms with Crippen LogP contribution in [0.25, 0.3) is 55.4 Å². The molecule has 4 nitrogen and oxygen atoms in total. The molecule has 0 fully saturated rings. The van der Waals surface area contributed by atoms with Crippen LogP contribution in [0.2, 0.25) is 0 Å². The van der Waals surface area contributed by atoms with Crippen LogP contribution >= 0.6 is 0 Å². The summed E-state index contributed by atoms with van der Waals surface area (Å²) in [5, 5.41) is 3.25. The topological polar surface area (TPSA) is 51.8 Å². The van der Waals surface area contributed by atoms with Crippen LogP contribution < -0.4 is 0 Å². The largest absolute Gasteiger partial charge is 0.498 e. The van der Waals surface area contributed by atoms with Crippen LogP contribution in [-0.2, 0) is 32.9 Å². The second-order valence-electron chi connectivity index (χ2n) is 15.9. The van der Waals surface area contributed by atoms with Gasteiger partial charge in [-0.3, -0.25) is 0 Å². The van der Waals surface area contributed by atoms with Crippen LogP contribution in [0.15, 0.2) is 83.5 Å². The van der Waals surface area contributed by atoms with Crippen LogP contribution in [-0.4, -0.2) is 15.0 Å². The Balaban J connectivity index is 0.000000255. The van der Waals surface area contributed by atoms with Gasteiger partial charge in [0.05, 0.1) is 5.58 Å². The Morgan fingerprint density at radius 2 is 1.34 bits per heavy atom. The molecule has 0 unspecified atom stereocenters. The maximum absolute atomic E-state index is 6.57. The second-order valence-corrected chi connectivity index (χ2v) is 15.9. The fourth-order valence-electron chi connectivity index (χ4n) is 6.15. The van der Waals surface area contributed by atoms with E-state index in [1.165, 1.54) is 27.8 Å². The molecule has 50 heavy (non-hydrogen) atoms. The van der Waals surface area contributed by atoms with Crippen molar-refractivity contribution in [3.63, 3.8) is 0 Å². The molecule has 3 aromatic carbocycles. The Labute approximate surface area is 311 Å². The maximum Gasteiger partial charge on any atom is 0.147 e. The van der Waals surface area contributed by atoms with Gasteiger partial charge in [-0.15, -0.1) is 53.6 Å². The van der Waals surface area contributed by atoms with Gasteiger partial charge < -0.3 is 14.4 Å². The Morgan fingerprint density at radius 3 is 2.02 bits per heavy atom. The first-order valence-electron chi connectivity index (χ1n) is 17.2. The first-order valence-corrected chi connectivity index (χ1v) is 17.2. The summed E-state index contributed by atoms with van der Waals surface area (Å²) in [5.41, 5.74) is 14.2. The molecule has 0 atom stereocenters. The van der Waals surface area contributed by atoms with Crippen molar-refractivity contribution < 1.29 is 24.5 Å². The number of aromatic nitrogens is 3. The van der Waals surface area contributed by atoms with E-state index >= 15 is 0 Å². The second kappa shape index (κ2) is 14.6. The van der Waals surface area contributed by atoms with E-state index in [0.717, 1.165) is 73.9 Å². The molecular formula is C45H47IrN3O-2. The number of hydrogen-bond donors (Lipinski definition) is 0. The van der Waals surface area contributed by atoms with E-state index in [1.54, 1.807) is 0 Å². The van der Waals surface area contributed by atoms with E-state index in [2.05, 4.69) is 141 Å². The predicted octanol–water partition coefficient (Wildman–Crippen LogP) is 12.0. The summed E-state index contributed by atoms with van der Waals surface area (Å²) in [6, 6.07) is 29.7. The third kappa shape index (κ3) is 8.40. The summed E-state index contributed by atoms with van der Waals surface area (Å²) < 4.78 is 6.57. The van der Waals surface area contributed by atoms with Gasteiger partial charge in [0.1, 0.15) is 11.1 Å². The number of hydrogen-bond acceptors (Lipinski definition) is 4. The number of aryl methyl sites for hydroxylation is 4. The molecule has 0 saturated heterocycles. The molecule has 0 aliphatic heterocycles. The Hall–Kier alpha value is -4.18. The molecule has 4 aromatic heterocycles. The fourth-order valence-corrected chi connectivity index (χ4v) is 6.15. The van der Waals surface area contributed by atoms with Crippen LogP contribution in [0.5, 0.6) is 0 Å². The summed E-state index contributed by atoms with van der Waals surface area (Å²) >= 11 is 0. The first-order chi connectivity index (χ1) is 23.1. The number of furan rings is 1. The van der Waals surface area contributed by atoms with Crippen molar-refractivity contribution in [2.45, 2.75) is 82.1 Å². The maximum atomic E-state index is 6.57. The van der Waals surface area contributed by atoms with Gasteiger partial charge in [-0.2, -0.15) is 0 Å². The molecule has 7 aromatic rings. The van der Waals surface area contributed by atoms with Gasteiger partial charge in [-0.1, -0.05) is 101 Å². The molecule has 7 rings (SSSR count). The Kier molecular flexibility index (Phi) is 10.8. The number of nitrogens with zero attached hydrogens (tertiary/aromatic N) is 3. The van der Waals surface area contributed by atoms with E-state index in [1.807, 2.05) is 24.5 Å². The summed E-state index contributed by atoms with van der Waals surface area (Å²) in [6.07, 6.45) is 5.80. The molecule has 0 amide bonds. The third-order valence-corrected chi connectivity index (χ3v) is 8.84. The number of fused-ring (bicyclic) bond motifs is 5. The summed E-state index contributed by atoms with van der Waals surface area (Å²) in [6.45, 7) is 21.9. The molecule has 0 bridgehead atoms. The van der Waals surface area contributed by atoms with Crippen molar-refractivity contribution in [1.29, 1.82) is 0 Å². The quantitative estimate of drug-likeness (QED) is 0.166. The Bertz CT molecular complexity index is 2290. The third-order valence-electron chi connectivity index (χ3n) is 8.84. The van der Waals surface area contributed by atoms with Gasteiger partial charge in [0.2, 0.25) is 0 Å². The summed E-state index contributed by atoms with van der Waals surface area (Å²) in [4.78, 5) is 14.2. The van der Waals surface area contributed by atoms with Gasteiger partial charge in [0, 0.05) is 49.0 Å². The van der Waals surface area contributed by atoms with E-state index in [-0.39, 0.29) is 30.9 Å². The minimum atomic E-state index is 0. The van der Waals surface area contributed by atoms with Crippen molar-refractivity contribution in [3.05, 3.63) is 125 Å². The molecular weight excluding hydrogens is 791 g/mol. The normalized spacial score (nSPS) is 11.8. The van der Waals surface area contributed by atoms with Gasteiger partial charge in [-0.05, 0) is 73.0 Å². The predicted molar refractivity (Wildman–Crippen MR) is 205 cm³/mol. The van der Waals surface area contributed by atoms with Crippen molar-refractivity contribution in [3.8, 4) is 22.5 Å². The van der Waals surface area contributed by atoms with Crippen LogP contribution in [0.1, 0.15) is 75.1 Å². The molecule has 0 spiro atoms. The molecule has 259 valence electrons. The zero-order valence-corrected chi connectivity index (χ0v) is 33.4. The molecule has 0 N–H and O–H groups in total. The van der Waals surface area contributed by atoms with Gasteiger partial charge >= 0.3 is 0 Å². The molecule has 0 aliphatic carbocycles. The van der Waals surface area contributed by atoms with Crippen molar-refractivity contribution >= 4 is 32.8 Å². The Morgan fingerprint density at radius 1 is 0.660 bits per heavy atom. The number of rotatable bonds is 4. The standard InChI is InChI=1S/C31H33N2O.C14H14N.Ir/c1-19-18-32-26(15-21(19)16-30(2,3)4)25-10-8-9-23-24-14-12-20-11-13-22(17-31(5,6)7)33-27(20)29(24)34-28(23)25;1-10-4-6-13(7-5-10)14-8-11(2)12(3)9-15-14;/h8-9,11-15,18H,16-17H2,1-7H3;4-6,8-9H,1-3H3;/q2*-1;. The molecule has 0 saturated carbocycles. The van der Waals surface area contributed by atoms with Gasteiger partial charge in [0.15, 0.2) is 0 Å². The average Bonchev–Trinajstić information content (AvgIpc) is 3.42. The van der Waals surface area contributed by atoms with E-state index in [9.17, 15) is 0 Å². The smallest absolute Gasteiger partial charge is 0.147 e. The monoisotopic (exact) mass is 838 g/mol. The van der Waals surface area contributed by atoms with Crippen molar-refractivity contribution in [1.82, 2.24) is 15.0 Å². The molecule has 4 heterocycles. The van der Waals surface area contributed by atoms with Gasteiger partial charge in [-0.25, -0.2) is 4.98 Å². The van der Waals surface area contributed by atoms with Crippen molar-refractivity contribution in [2.75, 3.05) is 0 Å². The van der Waals surface area contributed by atoms with Crippen LogP contribution in [0.3, 0.4) is 0 Å². The van der Waals surface area contributed by atoms with Gasteiger partial charge in [0.25, 0.3) is 0 Å². The van der Waals surface area contributed by atoms with E-state index in [0.29, 0.717) is 0 Å². The fraction of sp³-hybridized carbons (Fsp3) is 0.311.